The number of aromatic nitrogens is 3. The lowest BCUT2D eigenvalue weighted by Crippen LogP contribution is -2.24. The summed E-state index contributed by atoms with van der Waals surface area (Å²) in [5.41, 5.74) is 0.277. The number of ether oxygens (including phenoxy) is 2. The first-order chi connectivity index (χ1) is 10.4. The summed E-state index contributed by atoms with van der Waals surface area (Å²) in [7, 11) is 1.25. The Kier molecular flexibility index (Phi) is 4.94. The van der Waals surface area contributed by atoms with Gasteiger partial charge < -0.3 is 19.1 Å². The van der Waals surface area contributed by atoms with Crippen molar-refractivity contribution in [3.05, 3.63) is 28.3 Å². The Morgan fingerprint density at radius 2 is 2.18 bits per heavy atom. The molecule has 0 aromatic carbocycles. The summed E-state index contributed by atoms with van der Waals surface area (Å²) in [6.45, 7) is 4.08. The second-order valence-electron chi connectivity index (χ2n) is 5.21. The molecule has 0 spiro atoms. The normalized spacial score (nSPS) is 12.8. The maximum absolute atomic E-state index is 11.8. The number of aliphatic hydroxyl groups excluding tert-OH is 1. The number of aliphatic hydroxyl groups is 1. The Labute approximate surface area is 127 Å². The van der Waals surface area contributed by atoms with Crippen molar-refractivity contribution in [1.29, 1.82) is 0 Å². The van der Waals surface area contributed by atoms with Crippen molar-refractivity contribution in [2.45, 2.75) is 32.6 Å². The van der Waals surface area contributed by atoms with E-state index in [1.54, 1.807) is 4.57 Å². The first kappa shape index (κ1) is 16.2. The summed E-state index contributed by atoms with van der Waals surface area (Å²) in [4.78, 5) is 23.5. The molecule has 0 unspecified atom stereocenters. The van der Waals surface area contributed by atoms with E-state index in [1.165, 1.54) is 19.5 Å². The molecule has 0 saturated heterocycles. The van der Waals surface area contributed by atoms with Crippen LogP contribution in [0.25, 0.3) is 11.3 Å². The highest BCUT2D eigenvalue weighted by atomic mass is 16.5. The molecule has 0 amide bonds. The van der Waals surface area contributed by atoms with Crippen LogP contribution in [0.15, 0.2) is 17.2 Å². The molecular formula is C14H19N3O5. The van der Waals surface area contributed by atoms with Crippen LogP contribution in [-0.4, -0.2) is 51.8 Å². The maximum Gasteiger partial charge on any atom is 0.341 e. The molecule has 2 N–H and O–H groups in total. The minimum atomic E-state index is -0.766. The van der Waals surface area contributed by atoms with Crippen molar-refractivity contribution in [2.75, 3.05) is 13.7 Å². The number of H-pyrrole nitrogens is 1. The smallest absolute Gasteiger partial charge is 0.341 e. The number of fused-ring (bicyclic) bond motifs is 1. The number of pyridine rings is 1. The molecule has 2 aliphatic heterocycles. The average Bonchev–Trinajstić information content (AvgIpc) is 2.85. The van der Waals surface area contributed by atoms with Gasteiger partial charge in [0, 0.05) is 12.4 Å². The van der Waals surface area contributed by atoms with Crippen LogP contribution in [0.5, 0.6) is 0 Å². The Balaban J connectivity index is 2.30. The molecule has 0 saturated carbocycles. The first-order valence-corrected chi connectivity index (χ1v) is 6.88. The summed E-state index contributed by atoms with van der Waals surface area (Å²) < 4.78 is 11.6. The lowest BCUT2D eigenvalue weighted by atomic mass is 10.1. The van der Waals surface area contributed by atoms with Crippen LogP contribution >= 0.6 is 0 Å². The van der Waals surface area contributed by atoms with Crippen LogP contribution in [0.3, 0.4) is 0 Å². The van der Waals surface area contributed by atoms with Crippen LogP contribution in [0.2, 0.25) is 0 Å². The highest BCUT2D eigenvalue weighted by Gasteiger charge is 2.22. The number of esters is 1. The highest BCUT2D eigenvalue weighted by molar-refractivity contribution is 5.95. The maximum atomic E-state index is 11.8. The number of hydrogen-bond acceptors (Lipinski definition) is 6. The standard InChI is InChI=1S/C14H19N3O5/c1-8(2)22-7-9(18)4-17-5-10-12(15-16-13(10)19)11(6-17)14(20)21-3/h5-6,8-9,18H,4,7H2,1-3H3,(H,16,19)/t9-/m1/s1. The molecule has 0 radical (unpaired) electrons. The zero-order chi connectivity index (χ0) is 16.3. The minimum absolute atomic E-state index is 0.00915. The van der Waals surface area contributed by atoms with Gasteiger partial charge in [-0.15, -0.1) is 0 Å². The fraction of sp³-hybridized carbons (Fsp3) is 0.500. The van der Waals surface area contributed by atoms with E-state index >= 15 is 0 Å². The van der Waals surface area contributed by atoms with Gasteiger partial charge >= 0.3 is 5.97 Å². The third-order valence-electron chi connectivity index (χ3n) is 3.06. The van der Waals surface area contributed by atoms with Gasteiger partial charge in [-0.05, 0) is 13.8 Å². The van der Waals surface area contributed by atoms with Crippen molar-refractivity contribution in [1.82, 2.24) is 14.8 Å². The summed E-state index contributed by atoms with van der Waals surface area (Å²) in [6.07, 6.45) is 2.27. The highest BCUT2D eigenvalue weighted by Crippen LogP contribution is 2.20. The number of nitrogens with one attached hydrogen (secondary N) is 1. The van der Waals surface area contributed by atoms with Gasteiger partial charge in [-0.1, -0.05) is 0 Å². The largest absolute Gasteiger partial charge is 0.465 e. The van der Waals surface area contributed by atoms with Gasteiger partial charge in [0.1, 0.15) is 11.3 Å². The van der Waals surface area contributed by atoms with E-state index in [0.29, 0.717) is 0 Å². The molecular weight excluding hydrogens is 290 g/mol. The Morgan fingerprint density at radius 3 is 2.82 bits per heavy atom. The molecule has 22 heavy (non-hydrogen) atoms. The van der Waals surface area contributed by atoms with E-state index in [2.05, 4.69) is 10.2 Å². The van der Waals surface area contributed by atoms with E-state index in [1.807, 2.05) is 13.8 Å². The van der Waals surface area contributed by atoms with Gasteiger partial charge in [-0.3, -0.25) is 4.79 Å². The third kappa shape index (κ3) is 3.52. The molecule has 8 heteroatoms. The van der Waals surface area contributed by atoms with Crippen LogP contribution < -0.4 is 5.56 Å². The number of rotatable bonds is 6. The molecule has 0 aromatic rings. The Morgan fingerprint density at radius 1 is 1.45 bits per heavy atom. The van der Waals surface area contributed by atoms with E-state index in [-0.39, 0.29) is 36.1 Å². The average molecular weight is 309 g/mol. The molecule has 2 heterocycles. The molecule has 120 valence electrons. The van der Waals surface area contributed by atoms with Gasteiger partial charge in [0.25, 0.3) is 5.56 Å². The van der Waals surface area contributed by atoms with Crippen LogP contribution in [0, 0.1) is 0 Å². The van der Waals surface area contributed by atoms with Gasteiger partial charge in [0.2, 0.25) is 0 Å². The monoisotopic (exact) mass is 309 g/mol. The molecule has 2 rings (SSSR count). The zero-order valence-electron chi connectivity index (χ0n) is 12.7. The van der Waals surface area contributed by atoms with Crippen LogP contribution in [0.1, 0.15) is 24.2 Å². The van der Waals surface area contributed by atoms with Gasteiger partial charge in [0.15, 0.2) is 0 Å². The number of hydrogen-bond donors (Lipinski definition) is 2. The molecule has 0 aromatic heterocycles. The predicted octanol–water partition coefficient (Wildman–Crippen LogP) is 0.249. The lowest BCUT2D eigenvalue weighted by molar-refractivity contribution is -0.000778. The fourth-order valence-corrected chi connectivity index (χ4v) is 2.05. The quantitative estimate of drug-likeness (QED) is 0.741. The SMILES string of the molecule is COC(=O)c1cn(C[C@@H](O)COC(C)C)cc2c(=O)[nH]nc1-2. The van der Waals surface area contributed by atoms with Crippen LogP contribution in [-0.2, 0) is 16.0 Å². The van der Waals surface area contributed by atoms with E-state index in [0.717, 1.165) is 0 Å². The van der Waals surface area contributed by atoms with Crippen molar-refractivity contribution >= 4 is 5.97 Å². The molecule has 0 aliphatic carbocycles. The summed E-state index contributed by atoms with van der Waals surface area (Å²) in [5, 5.41) is 16.1. The molecule has 2 aliphatic rings. The van der Waals surface area contributed by atoms with E-state index in [4.69, 9.17) is 9.47 Å². The van der Waals surface area contributed by atoms with Gasteiger partial charge in [-0.2, -0.15) is 5.10 Å². The molecule has 0 fully saturated rings. The zero-order valence-corrected chi connectivity index (χ0v) is 12.7. The van der Waals surface area contributed by atoms with E-state index < -0.39 is 17.6 Å². The van der Waals surface area contributed by atoms with Gasteiger partial charge in [-0.25, -0.2) is 9.89 Å². The molecule has 8 nitrogen and oxygen atoms in total. The van der Waals surface area contributed by atoms with Crippen molar-refractivity contribution in [3.63, 3.8) is 0 Å². The number of methoxy groups -OCH3 is 1. The second-order valence-corrected chi connectivity index (χ2v) is 5.21. The number of carbonyl (C=O) groups is 1. The topological polar surface area (TPSA) is 106 Å². The Hall–Kier alpha value is -2.19. The van der Waals surface area contributed by atoms with Crippen molar-refractivity contribution in [3.8, 4) is 11.3 Å². The second kappa shape index (κ2) is 6.71. The Bertz CT molecular complexity index is 676. The summed E-state index contributed by atoms with van der Waals surface area (Å²) >= 11 is 0. The number of nitrogens with zero attached hydrogens (tertiary/aromatic N) is 2. The summed E-state index contributed by atoms with van der Waals surface area (Å²) in [6, 6.07) is 0. The minimum Gasteiger partial charge on any atom is -0.465 e. The van der Waals surface area contributed by atoms with Crippen molar-refractivity contribution in [2.24, 2.45) is 0 Å². The molecule has 1 atom stereocenters. The fourth-order valence-electron chi connectivity index (χ4n) is 2.05. The number of aromatic amines is 1. The first-order valence-electron chi connectivity index (χ1n) is 6.88. The molecule has 0 bridgehead atoms. The lowest BCUT2D eigenvalue weighted by Gasteiger charge is -2.17. The third-order valence-corrected chi connectivity index (χ3v) is 3.06. The summed E-state index contributed by atoms with van der Waals surface area (Å²) in [5.74, 6) is -0.598. The van der Waals surface area contributed by atoms with Gasteiger partial charge in [0.05, 0.1) is 38.0 Å². The van der Waals surface area contributed by atoms with Crippen LogP contribution in [0.4, 0.5) is 0 Å². The number of carbonyl (C=O) groups excluding carboxylic acids is 1. The van der Waals surface area contributed by atoms with Crippen molar-refractivity contribution < 1.29 is 19.4 Å². The predicted molar refractivity (Wildman–Crippen MR) is 77.9 cm³/mol. The van der Waals surface area contributed by atoms with E-state index in [9.17, 15) is 14.7 Å².